The van der Waals surface area contributed by atoms with Crippen LogP contribution in [0.4, 0.5) is 0 Å². The van der Waals surface area contributed by atoms with Crippen LogP contribution in [0.2, 0.25) is 0 Å². The fourth-order valence-electron chi connectivity index (χ4n) is 3.73. The number of allylic oxidation sites excluding steroid dienone is 2. The molecule has 196 valence electrons. The molecule has 0 saturated heterocycles. The van der Waals surface area contributed by atoms with Crippen LogP contribution in [-0.2, 0) is 23.9 Å². The second kappa shape index (κ2) is 19.0. The predicted molar refractivity (Wildman–Crippen MR) is 130 cm³/mol. The van der Waals surface area contributed by atoms with Crippen LogP contribution in [0.3, 0.4) is 0 Å². The van der Waals surface area contributed by atoms with E-state index in [1.54, 1.807) is 6.92 Å². The summed E-state index contributed by atoms with van der Waals surface area (Å²) in [6, 6.07) is 0. The van der Waals surface area contributed by atoms with Gasteiger partial charge in [0.05, 0.1) is 0 Å². The minimum atomic E-state index is -3.04. The van der Waals surface area contributed by atoms with E-state index in [0.29, 0.717) is 6.42 Å². The van der Waals surface area contributed by atoms with Gasteiger partial charge in [-0.3, -0.25) is 19.2 Å². The number of ether oxygens (including phenoxy) is 1. The maximum atomic E-state index is 12.1. The third-order valence-corrected chi connectivity index (χ3v) is 6.03. The Labute approximate surface area is 203 Å². The normalized spacial score (nSPS) is 12.5. The molecule has 34 heavy (non-hydrogen) atoms. The summed E-state index contributed by atoms with van der Waals surface area (Å²) in [5.74, 6) is -6.53. The van der Waals surface area contributed by atoms with Crippen LogP contribution in [0.15, 0.2) is 12.2 Å². The number of rotatable bonds is 22. The van der Waals surface area contributed by atoms with Gasteiger partial charge < -0.3 is 20.1 Å². The second-order valence-corrected chi connectivity index (χ2v) is 8.88. The molecule has 8 heteroatoms. The first-order valence-electron chi connectivity index (χ1n) is 12.8. The van der Waals surface area contributed by atoms with Crippen LogP contribution in [0.1, 0.15) is 117 Å². The van der Waals surface area contributed by atoms with Gasteiger partial charge in [-0.25, -0.2) is 0 Å². The Kier molecular flexibility index (Phi) is 17.7. The van der Waals surface area contributed by atoms with Crippen molar-refractivity contribution in [2.75, 3.05) is 0 Å². The lowest BCUT2D eigenvalue weighted by Gasteiger charge is -2.25. The average Bonchev–Trinajstić information content (AvgIpc) is 2.78. The Morgan fingerprint density at radius 1 is 0.706 bits per heavy atom. The van der Waals surface area contributed by atoms with Crippen molar-refractivity contribution in [2.24, 2.45) is 5.41 Å². The maximum absolute atomic E-state index is 12.1. The molecule has 0 spiro atoms. The number of carbonyl (C=O) groups is 4. The molecule has 0 amide bonds. The third-order valence-electron chi connectivity index (χ3n) is 6.03. The smallest absolute Gasteiger partial charge is 0.332 e. The lowest BCUT2D eigenvalue weighted by Crippen LogP contribution is -2.49. The first-order chi connectivity index (χ1) is 16.2. The van der Waals surface area contributed by atoms with Gasteiger partial charge in [0.25, 0.3) is 5.41 Å². The summed E-state index contributed by atoms with van der Waals surface area (Å²) in [7, 11) is 0. The molecule has 0 bridgehead atoms. The number of hydrogen-bond acceptors (Lipinski definition) is 5. The van der Waals surface area contributed by atoms with Gasteiger partial charge in [0.15, 0.2) is 0 Å². The molecule has 0 aromatic carbocycles. The quantitative estimate of drug-likeness (QED) is 0.0738. The van der Waals surface area contributed by atoms with Crippen molar-refractivity contribution in [3.63, 3.8) is 0 Å². The van der Waals surface area contributed by atoms with Crippen molar-refractivity contribution in [3.8, 4) is 0 Å². The van der Waals surface area contributed by atoms with Crippen LogP contribution >= 0.6 is 0 Å². The number of carboxylic acids is 3. The molecule has 0 aliphatic rings. The lowest BCUT2D eigenvalue weighted by atomic mass is 9.81. The minimum Gasteiger partial charge on any atom is -0.480 e. The van der Waals surface area contributed by atoms with E-state index in [4.69, 9.17) is 4.74 Å². The van der Waals surface area contributed by atoms with Crippen molar-refractivity contribution in [2.45, 2.75) is 123 Å². The highest BCUT2D eigenvalue weighted by Gasteiger charge is 2.56. The summed E-state index contributed by atoms with van der Waals surface area (Å²) in [4.78, 5) is 46.2. The third kappa shape index (κ3) is 12.8. The van der Waals surface area contributed by atoms with Gasteiger partial charge >= 0.3 is 23.9 Å². The van der Waals surface area contributed by atoms with Gasteiger partial charge in [0.2, 0.25) is 0 Å². The molecule has 0 heterocycles. The summed E-state index contributed by atoms with van der Waals surface area (Å²) in [6.45, 7) is 3.81. The zero-order valence-corrected chi connectivity index (χ0v) is 20.9. The van der Waals surface area contributed by atoms with Gasteiger partial charge in [-0.15, -0.1) is 0 Å². The van der Waals surface area contributed by atoms with Crippen LogP contribution in [0.5, 0.6) is 0 Å². The number of esters is 1. The molecular formula is C26H44O8. The van der Waals surface area contributed by atoms with E-state index in [-0.39, 0.29) is 12.8 Å². The Morgan fingerprint density at radius 3 is 1.59 bits per heavy atom. The lowest BCUT2D eigenvalue weighted by molar-refractivity contribution is -0.181. The zero-order chi connectivity index (χ0) is 25.8. The van der Waals surface area contributed by atoms with Crippen LogP contribution < -0.4 is 0 Å². The molecule has 0 radical (unpaired) electrons. The Hall–Kier alpha value is -2.38. The van der Waals surface area contributed by atoms with E-state index >= 15 is 0 Å². The highest BCUT2D eigenvalue weighted by molar-refractivity contribution is 6.16. The van der Waals surface area contributed by atoms with Gasteiger partial charge in [-0.1, -0.05) is 77.4 Å². The number of carboxylic acid groups (broad SMARTS) is 3. The highest BCUT2D eigenvalue weighted by atomic mass is 16.5. The molecular weight excluding hydrogens is 440 g/mol. The minimum absolute atomic E-state index is 0.119. The van der Waals surface area contributed by atoms with Crippen LogP contribution in [0, 0.1) is 5.41 Å². The fraction of sp³-hybridized carbons (Fsp3) is 0.769. The fourth-order valence-corrected chi connectivity index (χ4v) is 3.73. The largest absolute Gasteiger partial charge is 0.480 e. The van der Waals surface area contributed by atoms with Gasteiger partial charge in [-0.05, 0) is 38.5 Å². The molecule has 1 unspecified atom stereocenters. The summed E-state index contributed by atoms with van der Waals surface area (Å²) >= 11 is 0. The van der Waals surface area contributed by atoms with Crippen molar-refractivity contribution < 1.29 is 39.2 Å². The standard InChI is InChI=1S/C26H44O8/c1-3-5-6-7-8-9-10-11-12-13-14-15-16-17-18-19-22(27)34-21(4-2)20-26(23(28)29,24(30)31)25(32)33/h11-12,21H,3-10,13-20H2,1-2H3,(H,28,29)(H,30,31)(H,32,33). The maximum Gasteiger partial charge on any atom is 0.332 e. The number of unbranched alkanes of at least 4 members (excludes halogenated alkanes) is 11. The van der Waals surface area contributed by atoms with E-state index in [2.05, 4.69) is 19.1 Å². The van der Waals surface area contributed by atoms with E-state index in [1.807, 2.05) is 0 Å². The Balaban J connectivity index is 4.03. The molecule has 0 aromatic heterocycles. The van der Waals surface area contributed by atoms with E-state index < -0.39 is 41.8 Å². The van der Waals surface area contributed by atoms with Gasteiger partial charge in [0.1, 0.15) is 6.10 Å². The summed E-state index contributed by atoms with van der Waals surface area (Å²) < 4.78 is 5.19. The second-order valence-electron chi connectivity index (χ2n) is 8.88. The van der Waals surface area contributed by atoms with E-state index in [0.717, 1.165) is 38.5 Å². The van der Waals surface area contributed by atoms with Crippen molar-refractivity contribution in [1.29, 1.82) is 0 Å². The Morgan fingerprint density at radius 2 is 1.15 bits per heavy atom. The van der Waals surface area contributed by atoms with Gasteiger partial charge in [-0.2, -0.15) is 0 Å². The van der Waals surface area contributed by atoms with E-state index in [9.17, 15) is 34.5 Å². The zero-order valence-electron chi connectivity index (χ0n) is 20.9. The Bertz CT molecular complexity index is 605. The molecule has 0 aromatic rings. The summed E-state index contributed by atoms with van der Waals surface area (Å²) in [5.41, 5.74) is -3.04. The molecule has 0 rings (SSSR count). The van der Waals surface area contributed by atoms with Crippen LogP contribution in [-0.4, -0.2) is 45.3 Å². The van der Waals surface area contributed by atoms with Crippen molar-refractivity contribution in [1.82, 2.24) is 0 Å². The predicted octanol–water partition coefficient (Wildman–Crippen LogP) is 5.98. The molecule has 0 fully saturated rings. The monoisotopic (exact) mass is 484 g/mol. The van der Waals surface area contributed by atoms with E-state index in [1.165, 1.54) is 38.5 Å². The molecule has 0 aliphatic carbocycles. The van der Waals surface area contributed by atoms with Gasteiger partial charge in [0, 0.05) is 12.8 Å². The summed E-state index contributed by atoms with van der Waals surface area (Å²) in [5, 5.41) is 27.6. The number of hydrogen-bond donors (Lipinski definition) is 3. The molecule has 8 nitrogen and oxygen atoms in total. The average molecular weight is 485 g/mol. The van der Waals surface area contributed by atoms with Crippen LogP contribution in [0.25, 0.3) is 0 Å². The number of aliphatic carboxylic acids is 3. The highest BCUT2D eigenvalue weighted by Crippen LogP contribution is 2.28. The van der Waals surface area contributed by atoms with Crippen molar-refractivity contribution in [3.05, 3.63) is 12.2 Å². The molecule has 1 atom stereocenters. The molecule has 3 N–H and O–H groups in total. The summed E-state index contributed by atoms with van der Waals surface area (Å²) in [6.07, 6.45) is 17.6. The first kappa shape index (κ1) is 31.6. The topological polar surface area (TPSA) is 138 Å². The first-order valence-corrected chi connectivity index (χ1v) is 12.8. The van der Waals surface area contributed by atoms with Crippen molar-refractivity contribution >= 4 is 23.9 Å². The number of carbonyl (C=O) groups excluding carboxylic acids is 1. The molecule has 0 aliphatic heterocycles. The molecule has 0 saturated carbocycles. The SMILES string of the molecule is CCCCCCCCC=CCCCCCCCC(=O)OC(CC)CC(C(=O)O)(C(=O)O)C(=O)O.